The predicted octanol–water partition coefficient (Wildman–Crippen LogP) is 1.38. The van der Waals surface area contributed by atoms with Gasteiger partial charge >= 0.3 is 6.18 Å². The Morgan fingerprint density at radius 1 is 1.20 bits per heavy atom. The first kappa shape index (κ1) is 18.8. The Balaban J connectivity index is 2.11. The van der Waals surface area contributed by atoms with Crippen molar-refractivity contribution in [1.29, 1.82) is 0 Å². The van der Waals surface area contributed by atoms with Gasteiger partial charge in [0.1, 0.15) is 11.5 Å². The van der Waals surface area contributed by atoms with Gasteiger partial charge in [-0.2, -0.15) is 13.2 Å². The number of hydrogen-bond donors (Lipinski definition) is 2. The van der Waals surface area contributed by atoms with Gasteiger partial charge in [-0.1, -0.05) is 0 Å². The third-order valence-electron chi connectivity index (χ3n) is 3.04. The first-order valence-corrected chi connectivity index (χ1v) is 8.34. The molecule has 25 heavy (non-hydrogen) atoms. The standard InChI is InChI=1S/C14H13F3N4O3S/c1-8-6-11(14(15,16)17)21-12(20-8)7-19-13(22)9-2-4-10(5-3-9)25(18,23)24/h2-6H,7H2,1H3,(H,19,22)(H2,18,23,24). The molecule has 1 amide bonds. The predicted molar refractivity (Wildman–Crippen MR) is 80.8 cm³/mol. The molecule has 0 saturated carbocycles. The highest BCUT2D eigenvalue weighted by Gasteiger charge is 2.33. The number of halogens is 3. The van der Waals surface area contributed by atoms with Gasteiger partial charge in [-0.05, 0) is 37.3 Å². The smallest absolute Gasteiger partial charge is 0.345 e. The summed E-state index contributed by atoms with van der Waals surface area (Å²) < 4.78 is 60.4. The summed E-state index contributed by atoms with van der Waals surface area (Å²) >= 11 is 0. The molecule has 0 aliphatic carbocycles. The van der Waals surface area contributed by atoms with E-state index in [2.05, 4.69) is 15.3 Å². The van der Waals surface area contributed by atoms with Crippen molar-refractivity contribution < 1.29 is 26.4 Å². The minimum atomic E-state index is -4.62. The summed E-state index contributed by atoms with van der Waals surface area (Å²) in [6.45, 7) is 1.06. The number of benzene rings is 1. The second kappa shape index (κ2) is 6.76. The summed E-state index contributed by atoms with van der Waals surface area (Å²) in [7, 11) is -3.88. The molecule has 0 atom stereocenters. The first-order valence-electron chi connectivity index (χ1n) is 6.79. The summed E-state index contributed by atoms with van der Waals surface area (Å²) in [5.74, 6) is -0.818. The van der Waals surface area contributed by atoms with Crippen LogP contribution in [0.4, 0.5) is 13.2 Å². The number of hydrogen-bond acceptors (Lipinski definition) is 5. The zero-order chi connectivity index (χ0) is 18.8. The third-order valence-corrected chi connectivity index (χ3v) is 3.97. The number of alkyl halides is 3. The summed E-state index contributed by atoms with van der Waals surface area (Å²) in [5.41, 5.74) is -0.873. The fourth-order valence-electron chi connectivity index (χ4n) is 1.91. The van der Waals surface area contributed by atoms with Crippen LogP contribution in [0.5, 0.6) is 0 Å². The second-order valence-electron chi connectivity index (χ2n) is 5.06. The molecule has 0 aliphatic rings. The number of nitrogens with one attached hydrogen (secondary N) is 1. The molecule has 2 rings (SSSR count). The van der Waals surface area contributed by atoms with Gasteiger partial charge in [-0.15, -0.1) is 0 Å². The van der Waals surface area contributed by atoms with E-state index in [1.807, 2.05) is 0 Å². The molecule has 1 aromatic carbocycles. The number of carbonyl (C=O) groups is 1. The lowest BCUT2D eigenvalue weighted by Gasteiger charge is -2.10. The van der Waals surface area contributed by atoms with E-state index in [-0.39, 0.29) is 28.5 Å². The number of amides is 1. The molecule has 134 valence electrons. The van der Waals surface area contributed by atoms with Crippen molar-refractivity contribution in [3.05, 3.63) is 53.1 Å². The lowest BCUT2D eigenvalue weighted by Crippen LogP contribution is -2.25. The fourth-order valence-corrected chi connectivity index (χ4v) is 2.43. The van der Waals surface area contributed by atoms with Gasteiger partial charge in [0.05, 0.1) is 11.4 Å². The maximum Gasteiger partial charge on any atom is 0.433 e. The minimum absolute atomic E-state index is 0.107. The second-order valence-corrected chi connectivity index (χ2v) is 6.62. The van der Waals surface area contributed by atoms with E-state index in [0.29, 0.717) is 0 Å². The Hall–Kier alpha value is -2.53. The number of aromatic nitrogens is 2. The van der Waals surface area contributed by atoms with Crippen LogP contribution in [-0.2, 0) is 22.7 Å². The molecule has 0 aliphatic heterocycles. The topological polar surface area (TPSA) is 115 Å². The van der Waals surface area contributed by atoms with Crippen molar-refractivity contribution >= 4 is 15.9 Å². The normalized spacial score (nSPS) is 12.0. The molecule has 1 heterocycles. The van der Waals surface area contributed by atoms with Crippen molar-refractivity contribution in [1.82, 2.24) is 15.3 Å². The Kier molecular flexibility index (Phi) is 5.09. The van der Waals surface area contributed by atoms with Gasteiger partial charge in [0.2, 0.25) is 10.0 Å². The number of rotatable bonds is 4. The quantitative estimate of drug-likeness (QED) is 0.839. The van der Waals surface area contributed by atoms with E-state index in [1.165, 1.54) is 19.1 Å². The van der Waals surface area contributed by atoms with Gasteiger partial charge in [0.25, 0.3) is 5.91 Å². The summed E-state index contributed by atoms with van der Waals surface area (Å²) in [6, 6.07) is 5.56. The zero-order valence-corrected chi connectivity index (χ0v) is 13.6. The van der Waals surface area contributed by atoms with E-state index in [1.54, 1.807) is 0 Å². The summed E-state index contributed by atoms with van der Waals surface area (Å²) in [4.78, 5) is 19.0. The largest absolute Gasteiger partial charge is 0.433 e. The van der Waals surface area contributed by atoms with Crippen molar-refractivity contribution in [2.75, 3.05) is 0 Å². The van der Waals surface area contributed by atoms with E-state index < -0.39 is 27.8 Å². The lowest BCUT2D eigenvalue weighted by atomic mass is 10.2. The first-order chi connectivity index (χ1) is 11.5. The van der Waals surface area contributed by atoms with Crippen molar-refractivity contribution in [3.8, 4) is 0 Å². The SMILES string of the molecule is Cc1cc(C(F)(F)F)nc(CNC(=O)c2ccc(S(N)(=O)=O)cc2)n1. The molecule has 0 radical (unpaired) electrons. The van der Waals surface area contributed by atoms with Gasteiger partial charge in [0, 0.05) is 11.3 Å². The number of carbonyl (C=O) groups excluding carboxylic acids is 1. The summed E-state index contributed by atoms with van der Waals surface area (Å²) in [5, 5.41) is 7.31. The molecule has 2 aromatic rings. The average Bonchev–Trinajstić information content (AvgIpc) is 2.50. The van der Waals surface area contributed by atoms with Crippen molar-refractivity contribution in [2.24, 2.45) is 5.14 Å². The van der Waals surface area contributed by atoms with Gasteiger partial charge < -0.3 is 5.32 Å². The van der Waals surface area contributed by atoms with Crippen LogP contribution < -0.4 is 10.5 Å². The minimum Gasteiger partial charge on any atom is -0.345 e. The highest BCUT2D eigenvalue weighted by molar-refractivity contribution is 7.89. The monoisotopic (exact) mass is 374 g/mol. The molecule has 0 spiro atoms. The maximum atomic E-state index is 12.7. The number of aryl methyl sites for hydroxylation is 1. The van der Waals surface area contributed by atoms with Gasteiger partial charge in [-0.3, -0.25) is 4.79 Å². The highest BCUT2D eigenvalue weighted by atomic mass is 32.2. The third kappa shape index (κ3) is 4.97. The summed E-state index contributed by atoms with van der Waals surface area (Å²) in [6.07, 6.45) is -4.62. The van der Waals surface area contributed by atoms with Crippen LogP contribution in [0.2, 0.25) is 0 Å². The molecule has 1 aromatic heterocycles. The van der Waals surface area contributed by atoms with Crippen LogP contribution in [0.15, 0.2) is 35.2 Å². The molecule has 0 unspecified atom stereocenters. The van der Waals surface area contributed by atoms with Crippen molar-refractivity contribution in [2.45, 2.75) is 24.5 Å². The van der Waals surface area contributed by atoms with Crippen molar-refractivity contribution in [3.63, 3.8) is 0 Å². The number of sulfonamides is 1. The Morgan fingerprint density at radius 2 is 1.80 bits per heavy atom. The van der Waals surface area contributed by atoms with Gasteiger partial charge in [-0.25, -0.2) is 23.5 Å². The highest BCUT2D eigenvalue weighted by Crippen LogP contribution is 2.27. The van der Waals surface area contributed by atoms with E-state index >= 15 is 0 Å². The Morgan fingerprint density at radius 3 is 2.32 bits per heavy atom. The molecular weight excluding hydrogens is 361 g/mol. The number of primary sulfonamides is 1. The number of nitrogens with zero attached hydrogens (tertiary/aromatic N) is 2. The van der Waals surface area contributed by atoms with E-state index in [4.69, 9.17) is 5.14 Å². The van der Waals surface area contributed by atoms with Crippen LogP contribution in [0.1, 0.15) is 27.6 Å². The average molecular weight is 374 g/mol. The molecule has 11 heteroatoms. The maximum absolute atomic E-state index is 12.7. The zero-order valence-electron chi connectivity index (χ0n) is 12.8. The molecular formula is C14H13F3N4O3S. The molecule has 0 saturated heterocycles. The van der Waals surface area contributed by atoms with E-state index in [9.17, 15) is 26.4 Å². The van der Waals surface area contributed by atoms with E-state index in [0.717, 1.165) is 18.2 Å². The lowest BCUT2D eigenvalue weighted by molar-refractivity contribution is -0.141. The Bertz CT molecular complexity index is 897. The molecule has 0 bridgehead atoms. The van der Waals surface area contributed by atoms with Gasteiger partial charge in [0.15, 0.2) is 0 Å². The van der Waals surface area contributed by atoms with Crippen LogP contribution in [0, 0.1) is 6.92 Å². The fraction of sp³-hybridized carbons (Fsp3) is 0.214. The van der Waals surface area contributed by atoms with Crippen LogP contribution >= 0.6 is 0 Å². The Labute approximate surface area is 141 Å². The van der Waals surface area contributed by atoms with Crippen LogP contribution in [0.3, 0.4) is 0 Å². The molecule has 0 fully saturated rings. The number of nitrogens with two attached hydrogens (primary N) is 1. The molecule has 3 N–H and O–H groups in total. The molecule has 7 nitrogen and oxygen atoms in total. The van der Waals surface area contributed by atoms with Crippen LogP contribution in [0.25, 0.3) is 0 Å². The van der Waals surface area contributed by atoms with Crippen LogP contribution in [-0.4, -0.2) is 24.3 Å².